The van der Waals surface area contributed by atoms with Crippen molar-refractivity contribution in [3.8, 4) is 6.07 Å². The van der Waals surface area contributed by atoms with Gasteiger partial charge in [-0.1, -0.05) is 18.2 Å². The molecule has 1 aliphatic rings. The summed E-state index contributed by atoms with van der Waals surface area (Å²) in [7, 11) is 0. The third-order valence-electron chi connectivity index (χ3n) is 2.74. The maximum absolute atomic E-state index is 10.8. The van der Waals surface area contributed by atoms with E-state index in [-0.39, 0.29) is 11.3 Å². The number of allylic oxidation sites excluding steroid dienone is 2. The van der Waals surface area contributed by atoms with Gasteiger partial charge >= 0.3 is 0 Å². The van der Waals surface area contributed by atoms with E-state index in [2.05, 4.69) is 6.08 Å². The molecule has 0 N–H and O–H groups in total. The van der Waals surface area contributed by atoms with Crippen molar-refractivity contribution in [3.63, 3.8) is 0 Å². The Kier molecular flexibility index (Phi) is 2.69. The summed E-state index contributed by atoms with van der Waals surface area (Å²) in [5.41, 5.74) is 1.85. The Bertz CT molecular complexity index is 512. The predicted molar refractivity (Wildman–Crippen MR) is 59.6 cm³/mol. The molecule has 1 aromatic carbocycles. The number of benzene rings is 1. The Morgan fingerprint density at radius 2 is 2.25 bits per heavy atom. The van der Waals surface area contributed by atoms with Crippen LogP contribution in [0.4, 0.5) is 5.69 Å². The van der Waals surface area contributed by atoms with E-state index in [0.29, 0.717) is 5.56 Å². The highest BCUT2D eigenvalue weighted by Crippen LogP contribution is 2.33. The zero-order valence-electron chi connectivity index (χ0n) is 8.64. The fraction of sp³-hybridized carbons (Fsp3) is 0.250. The van der Waals surface area contributed by atoms with E-state index >= 15 is 0 Å². The van der Waals surface area contributed by atoms with Crippen molar-refractivity contribution in [2.75, 3.05) is 0 Å². The summed E-state index contributed by atoms with van der Waals surface area (Å²) < 4.78 is 0. The SMILES string of the molecule is N#Cc1c(C2=CCCC2)cccc1[N+](=O)[O-]. The molecule has 0 aliphatic heterocycles. The number of nitro benzene ring substituents is 1. The molecule has 0 unspecified atom stereocenters. The van der Waals surface area contributed by atoms with Crippen LogP contribution in [-0.4, -0.2) is 4.92 Å². The van der Waals surface area contributed by atoms with Gasteiger partial charge in [-0.25, -0.2) is 0 Å². The topological polar surface area (TPSA) is 66.9 Å². The molecule has 0 fully saturated rings. The van der Waals surface area contributed by atoms with Crippen LogP contribution in [-0.2, 0) is 0 Å². The van der Waals surface area contributed by atoms with Gasteiger partial charge in [0.05, 0.1) is 4.92 Å². The van der Waals surface area contributed by atoms with Gasteiger partial charge in [0, 0.05) is 11.6 Å². The quantitative estimate of drug-likeness (QED) is 0.561. The Balaban J connectivity index is 2.58. The molecule has 0 saturated carbocycles. The molecule has 0 bridgehead atoms. The molecule has 0 aromatic heterocycles. The molecular weight excluding hydrogens is 204 g/mol. The number of nitro groups is 1. The third kappa shape index (κ3) is 1.68. The Hall–Kier alpha value is -2.15. The van der Waals surface area contributed by atoms with Crippen LogP contribution >= 0.6 is 0 Å². The van der Waals surface area contributed by atoms with Gasteiger partial charge in [-0.3, -0.25) is 10.1 Å². The van der Waals surface area contributed by atoms with Crippen molar-refractivity contribution in [1.29, 1.82) is 5.26 Å². The minimum Gasteiger partial charge on any atom is -0.258 e. The van der Waals surface area contributed by atoms with Gasteiger partial charge < -0.3 is 0 Å². The van der Waals surface area contributed by atoms with Gasteiger partial charge in [0.25, 0.3) is 5.69 Å². The summed E-state index contributed by atoms with van der Waals surface area (Å²) in [6, 6.07) is 6.73. The Labute approximate surface area is 93.0 Å². The van der Waals surface area contributed by atoms with E-state index in [0.717, 1.165) is 24.8 Å². The van der Waals surface area contributed by atoms with Crippen LogP contribution in [0.15, 0.2) is 24.3 Å². The fourth-order valence-electron chi connectivity index (χ4n) is 1.99. The van der Waals surface area contributed by atoms with Crippen LogP contribution in [0.5, 0.6) is 0 Å². The third-order valence-corrected chi connectivity index (χ3v) is 2.74. The molecule has 1 aromatic rings. The molecule has 4 nitrogen and oxygen atoms in total. The summed E-state index contributed by atoms with van der Waals surface area (Å²) in [6.45, 7) is 0. The first-order valence-electron chi connectivity index (χ1n) is 5.11. The lowest BCUT2D eigenvalue weighted by Crippen LogP contribution is -1.96. The molecule has 0 radical (unpaired) electrons. The summed E-state index contributed by atoms with van der Waals surface area (Å²) in [6.07, 6.45) is 5.00. The first kappa shape index (κ1) is 10.4. The number of hydrogen-bond acceptors (Lipinski definition) is 3. The molecular formula is C12H10N2O2. The van der Waals surface area contributed by atoms with Crippen LogP contribution in [0, 0.1) is 21.4 Å². The average Bonchev–Trinajstić information content (AvgIpc) is 2.81. The van der Waals surface area contributed by atoms with E-state index in [4.69, 9.17) is 5.26 Å². The maximum atomic E-state index is 10.8. The highest BCUT2D eigenvalue weighted by molar-refractivity contribution is 5.75. The molecule has 4 heteroatoms. The van der Waals surface area contributed by atoms with Crippen molar-refractivity contribution in [2.45, 2.75) is 19.3 Å². The highest BCUT2D eigenvalue weighted by atomic mass is 16.6. The fourth-order valence-corrected chi connectivity index (χ4v) is 1.99. The van der Waals surface area contributed by atoms with E-state index in [9.17, 15) is 10.1 Å². The minimum atomic E-state index is -0.502. The van der Waals surface area contributed by atoms with Crippen LogP contribution in [0.3, 0.4) is 0 Å². The lowest BCUT2D eigenvalue weighted by Gasteiger charge is -2.04. The van der Waals surface area contributed by atoms with Gasteiger partial charge in [-0.05, 0) is 24.8 Å². The molecule has 0 amide bonds. The normalized spacial score (nSPS) is 14.3. The maximum Gasteiger partial charge on any atom is 0.287 e. The molecule has 0 spiro atoms. The second-order valence-corrected chi connectivity index (χ2v) is 3.69. The summed E-state index contributed by atoms with van der Waals surface area (Å²) >= 11 is 0. The Morgan fingerprint density at radius 1 is 1.44 bits per heavy atom. The highest BCUT2D eigenvalue weighted by Gasteiger charge is 2.20. The number of hydrogen-bond donors (Lipinski definition) is 0. The number of nitriles is 1. The van der Waals surface area contributed by atoms with Gasteiger partial charge in [0.2, 0.25) is 0 Å². The molecule has 0 saturated heterocycles. The second kappa shape index (κ2) is 4.15. The summed E-state index contributed by atoms with van der Waals surface area (Å²) in [5, 5.41) is 19.8. The monoisotopic (exact) mass is 214 g/mol. The van der Waals surface area contributed by atoms with Crippen molar-refractivity contribution in [3.05, 3.63) is 45.5 Å². The average molecular weight is 214 g/mol. The van der Waals surface area contributed by atoms with Crippen LogP contribution in [0.25, 0.3) is 5.57 Å². The van der Waals surface area contributed by atoms with E-state index in [1.807, 2.05) is 6.07 Å². The summed E-state index contributed by atoms with van der Waals surface area (Å²) in [5.74, 6) is 0. The first-order chi connectivity index (χ1) is 7.74. The minimum absolute atomic E-state index is 0.104. The van der Waals surface area contributed by atoms with Gasteiger partial charge in [0.1, 0.15) is 11.6 Å². The summed E-state index contributed by atoms with van der Waals surface area (Å²) in [4.78, 5) is 10.3. The van der Waals surface area contributed by atoms with E-state index in [1.54, 1.807) is 12.1 Å². The smallest absolute Gasteiger partial charge is 0.258 e. The molecule has 0 atom stereocenters. The number of nitrogens with zero attached hydrogens (tertiary/aromatic N) is 2. The van der Waals surface area contributed by atoms with E-state index < -0.39 is 4.92 Å². The second-order valence-electron chi connectivity index (χ2n) is 3.69. The van der Waals surface area contributed by atoms with Crippen molar-refractivity contribution < 1.29 is 4.92 Å². The van der Waals surface area contributed by atoms with Crippen molar-refractivity contribution in [1.82, 2.24) is 0 Å². The van der Waals surface area contributed by atoms with E-state index in [1.165, 1.54) is 6.07 Å². The lowest BCUT2D eigenvalue weighted by atomic mass is 9.98. The predicted octanol–water partition coefficient (Wildman–Crippen LogP) is 3.03. The molecule has 1 aliphatic carbocycles. The van der Waals surface area contributed by atoms with Crippen molar-refractivity contribution in [2.24, 2.45) is 0 Å². The Morgan fingerprint density at radius 3 is 2.81 bits per heavy atom. The number of rotatable bonds is 2. The molecule has 16 heavy (non-hydrogen) atoms. The largest absolute Gasteiger partial charge is 0.287 e. The first-order valence-corrected chi connectivity index (χ1v) is 5.11. The van der Waals surface area contributed by atoms with Gasteiger partial charge in [-0.15, -0.1) is 0 Å². The molecule has 80 valence electrons. The van der Waals surface area contributed by atoms with Crippen LogP contribution in [0.1, 0.15) is 30.4 Å². The van der Waals surface area contributed by atoms with Crippen LogP contribution in [0.2, 0.25) is 0 Å². The lowest BCUT2D eigenvalue weighted by molar-refractivity contribution is -0.385. The standard InChI is InChI=1S/C12H10N2O2/c13-8-11-10(9-4-1-2-5-9)6-3-7-12(11)14(15)16/h3-4,6-7H,1-2,5H2. The zero-order chi connectivity index (χ0) is 11.5. The van der Waals surface area contributed by atoms with Crippen molar-refractivity contribution >= 4 is 11.3 Å². The van der Waals surface area contributed by atoms with Gasteiger partial charge in [0.15, 0.2) is 0 Å². The zero-order valence-corrected chi connectivity index (χ0v) is 8.64. The van der Waals surface area contributed by atoms with Gasteiger partial charge in [-0.2, -0.15) is 5.26 Å². The molecule has 0 heterocycles. The molecule has 2 rings (SSSR count). The van der Waals surface area contributed by atoms with Crippen LogP contribution < -0.4 is 0 Å².